The summed E-state index contributed by atoms with van der Waals surface area (Å²) in [5, 5.41) is 14.0. The zero-order chi connectivity index (χ0) is 18.5. The van der Waals surface area contributed by atoms with E-state index in [0.29, 0.717) is 24.2 Å². The predicted molar refractivity (Wildman–Crippen MR) is 101 cm³/mol. The molecule has 2 aromatic heterocycles. The number of fused-ring (bicyclic) bond motifs is 3. The van der Waals surface area contributed by atoms with E-state index in [4.69, 9.17) is 9.72 Å². The lowest BCUT2D eigenvalue weighted by Crippen LogP contribution is -2.12. The highest BCUT2D eigenvalue weighted by molar-refractivity contribution is 5.69. The quantitative estimate of drug-likeness (QED) is 0.769. The van der Waals surface area contributed by atoms with Crippen molar-refractivity contribution in [3.63, 3.8) is 0 Å². The Kier molecular flexibility index (Phi) is 3.79. The summed E-state index contributed by atoms with van der Waals surface area (Å²) >= 11 is 0. The molecule has 1 atom stereocenters. The van der Waals surface area contributed by atoms with Crippen molar-refractivity contribution in [2.45, 2.75) is 45.2 Å². The van der Waals surface area contributed by atoms with Gasteiger partial charge in [0.25, 0.3) is 0 Å². The lowest BCUT2D eigenvalue weighted by molar-refractivity contribution is 0.230. The Balaban J connectivity index is 1.60. The summed E-state index contributed by atoms with van der Waals surface area (Å²) < 4.78 is 9.89. The molecular weight excluding hydrogens is 342 g/mol. The molecular formula is C20H23N5O2. The molecule has 1 aromatic carbocycles. The van der Waals surface area contributed by atoms with E-state index < -0.39 is 0 Å². The van der Waals surface area contributed by atoms with Gasteiger partial charge in [0, 0.05) is 6.20 Å². The van der Waals surface area contributed by atoms with E-state index in [-0.39, 0.29) is 12.6 Å². The first-order valence-corrected chi connectivity index (χ1v) is 9.52. The Hall–Kier alpha value is -2.67. The number of benzene rings is 1. The van der Waals surface area contributed by atoms with Gasteiger partial charge in [-0.2, -0.15) is 5.10 Å². The molecule has 1 N–H and O–H groups in total. The molecule has 7 nitrogen and oxygen atoms in total. The number of aryl methyl sites for hydroxylation is 1. The fourth-order valence-electron chi connectivity index (χ4n) is 3.67. The van der Waals surface area contributed by atoms with Crippen LogP contribution < -0.4 is 4.74 Å². The number of rotatable bonds is 4. The number of hydrogen-bond donors (Lipinski definition) is 1. The molecule has 3 aromatic rings. The maximum atomic E-state index is 9.54. The number of nitrogens with zero attached hydrogens (tertiary/aromatic N) is 5. The zero-order valence-electron chi connectivity index (χ0n) is 15.6. The molecule has 1 saturated carbocycles. The van der Waals surface area contributed by atoms with Crippen LogP contribution in [0.4, 0.5) is 0 Å². The number of hydrogen-bond acceptors (Lipinski definition) is 5. The van der Waals surface area contributed by atoms with Crippen LogP contribution in [0.15, 0.2) is 24.4 Å². The van der Waals surface area contributed by atoms with Crippen LogP contribution in [0.2, 0.25) is 0 Å². The van der Waals surface area contributed by atoms with Crippen molar-refractivity contribution in [3.05, 3.63) is 35.8 Å². The minimum atomic E-state index is -0.153. The van der Waals surface area contributed by atoms with Crippen molar-refractivity contribution in [2.75, 3.05) is 13.2 Å². The van der Waals surface area contributed by atoms with E-state index in [0.717, 1.165) is 29.4 Å². The van der Waals surface area contributed by atoms with Crippen molar-refractivity contribution < 1.29 is 9.84 Å². The van der Waals surface area contributed by atoms with E-state index in [1.54, 1.807) is 4.68 Å². The van der Waals surface area contributed by atoms with Gasteiger partial charge in [0.15, 0.2) is 5.82 Å². The highest BCUT2D eigenvalue weighted by atomic mass is 16.5. The van der Waals surface area contributed by atoms with Crippen LogP contribution in [-0.4, -0.2) is 42.6 Å². The minimum absolute atomic E-state index is 0.00395. The Morgan fingerprint density at radius 1 is 1.26 bits per heavy atom. The maximum Gasteiger partial charge on any atom is 0.178 e. The van der Waals surface area contributed by atoms with Crippen molar-refractivity contribution in [1.29, 1.82) is 0 Å². The molecule has 0 amide bonds. The summed E-state index contributed by atoms with van der Waals surface area (Å²) in [6.45, 7) is 5.12. The maximum absolute atomic E-state index is 9.54. The molecule has 7 heteroatoms. The third-order valence-electron chi connectivity index (χ3n) is 5.31. The molecule has 0 radical (unpaired) electrons. The lowest BCUT2D eigenvalue weighted by atomic mass is 10.1. The van der Waals surface area contributed by atoms with Crippen LogP contribution in [0, 0.1) is 6.92 Å². The summed E-state index contributed by atoms with van der Waals surface area (Å²) in [6, 6.07) is 6.35. The van der Waals surface area contributed by atoms with E-state index in [1.165, 1.54) is 18.4 Å². The highest BCUT2D eigenvalue weighted by Gasteiger charge is 2.27. The van der Waals surface area contributed by atoms with Crippen LogP contribution in [0.1, 0.15) is 43.1 Å². The molecule has 5 rings (SSSR count). The largest absolute Gasteiger partial charge is 0.491 e. The molecule has 1 unspecified atom stereocenters. The number of aliphatic hydroxyl groups is 1. The van der Waals surface area contributed by atoms with Gasteiger partial charge in [0.2, 0.25) is 0 Å². The molecule has 27 heavy (non-hydrogen) atoms. The van der Waals surface area contributed by atoms with Crippen LogP contribution >= 0.6 is 0 Å². The van der Waals surface area contributed by atoms with Gasteiger partial charge >= 0.3 is 0 Å². The van der Waals surface area contributed by atoms with E-state index in [2.05, 4.69) is 32.8 Å². The lowest BCUT2D eigenvalue weighted by Gasteiger charge is -2.10. The topological polar surface area (TPSA) is 78.0 Å². The molecule has 1 aliphatic heterocycles. The normalized spacial score (nSPS) is 17.0. The zero-order valence-corrected chi connectivity index (χ0v) is 15.6. The molecule has 2 aliphatic rings. The molecule has 0 saturated heterocycles. The summed E-state index contributed by atoms with van der Waals surface area (Å²) in [4.78, 5) is 9.43. The van der Waals surface area contributed by atoms with Gasteiger partial charge in [-0.15, -0.1) is 0 Å². The van der Waals surface area contributed by atoms with Crippen LogP contribution in [0.5, 0.6) is 5.75 Å². The monoisotopic (exact) mass is 365 g/mol. The number of imidazole rings is 1. The van der Waals surface area contributed by atoms with Crippen molar-refractivity contribution in [3.8, 4) is 28.7 Å². The van der Waals surface area contributed by atoms with Crippen molar-refractivity contribution >= 4 is 0 Å². The average Bonchev–Trinajstić information content (AvgIpc) is 3.37. The second kappa shape index (κ2) is 6.20. The van der Waals surface area contributed by atoms with Gasteiger partial charge in [0.1, 0.15) is 29.7 Å². The number of aromatic nitrogens is 5. The summed E-state index contributed by atoms with van der Waals surface area (Å²) in [7, 11) is 0. The summed E-state index contributed by atoms with van der Waals surface area (Å²) in [6.07, 6.45) is 4.55. The fraction of sp³-hybridized carbons (Fsp3) is 0.450. The molecule has 140 valence electrons. The first-order valence-electron chi connectivity index (χ1n) is 9.52. The van der Waals surface area contributed by atoms with Gasteiger partial charge in [-0.3, -0.25) is 0 Å². The predicted octanol–water partition coefficient (Wildman–Crippen LogP) is 2.94. The molecule has 1 fully saturated rings. The second-order valence-electron chi connectivity index (χ2n) is 7.48. The average molecular weight is 365 g/mol. The molecule has 0 bridgehead atoms. The van der Waals surface area contributed by atoms with E-state index in [9.17, 15) is 5.11 Å². The van der Waals surface area contributed by atoms with Gasteiger partial charge in [-0.1, -0.05) is 6.07 Å². The van der Waals surface area contributed by atoms with Crippen LogP contribution in [0.25, 0.3) is 22.9 Å². The number of aliphatic hydroxyl groups excluding tert-OH is 1. The van der Waals surface area contributed by atoms with Gasteiger partial charge < -0.3 is 14.4 Å². The Bertz CT molecular complexity index is 1000. The SMILES string of the molecule is Cc1nc(-c2cn3c(n2)-c2ccc(C4CC4)cc2OCC3)n(C(C)CO)n1. The third-order valence-corrected chi connectivity index (χ3v) is 5.31. The fourth-order valence-corrected chi connectivity index (χ4v) is 3.67. The first kappa shape index (κ1) is 16.5. The van der Waals surface area contributed by atoms with E-state index in [1.807, 2.05) is 20.0 Å². The Labute approximate surface area is 157 Å². The molecule has 1 aliphatic carbocycles. The summed E-state index contributed by atoms with van der Waals surface area (Å²) in [5.41, 5.74) is 3.15. The third kappa shape index (κ3) is 2.82. The van der Waals surface area contributed by atoms with Gasteiger partial charge in [0.05, 0.1) is 24.8 Å². The highest BCUT2D eigenvalue weighted by Crippen LogP contribution is 2.43. The number of ether oxygens (including phenoxy) is 1. The van der Waals surface area contributed by atoms with Gasteiger partial charge in [-0.05, 0) is 50.3 Å². The van der Waals surface area contributed by atoms with Crippen molar-refractivity contribution in [2.24, 2.45) is 0 Å². The van der Waals surface area contributed by atoms with E-state index >= 15 is 0 Å². The molecule has 0 spiro atoms. The van der Waals surface area contributed by atoms with Crippen molar-refractivity contribution in [1.82, 2.24) is 24.3 Å². The Morgan fingerprint density at radius 3 is 2.89 bits per heavy atom. The Morgan fingerprint density at radius 2 is 2.11 bits per heavy atom. The molecule has 3 heterocycles. The first-order chi connectivity index (χ1) is 13.1. The minimum Gasteiger partial charge on any atom is -0.491 e. The smallest absolute Gasteiger partial charge is 0.178 e. The van der Waals surface area contributed by atoms with Crippen LogP contribution in [0.3, 0.4) is 0 Å². The van der Waals surface area contributed by atoms with Gasteiger partial charge in [-0.25, -0.2) is 14.6 Å². The standard InChI is InChI=1S/C20H23N5O2/c1-12(11-26)25-20(21-13(2)23-25)17-10-24-7-8-27-18-9-15(14-3-4-14)5-6-16(18)19(24)22-17/h5-6,9-10,12,14,26H,3-4,7-8,11H2,1-2H3. The van der Waals surface area contributed by atoms with Crippen LogP contribution in [-0.2, 0) is 6.54 Å². The summed E-state index contributed by atoms with van der Waals surface area (Å²) in [5.74, 6) is 3.86. The second-order valence-corrected chi connectivity index (χ2v) is 7.48.